The standard InChI is InChI=1S/C15H20F3NO/c1-10(2)19(9-15(16,17)18)12(4)14(20)13-7-5-11(3)6-8-13/h5-8,10,12H,9H2,1-4H3. The molecule has 1 aromatic rings. The number of nitrogens with zero attached hydrogens (tertiary/aromatic N) is 1. The maximum Gasteiger partial charge on any atom is 0.401 e. The lowest BCUT2D eigenvalue weighted by molar-refractivity contribution is -0.152. The number of rotatable bonds is 5. The largest absolute Gasteiger partial charge is 0.401 e. The Morgan fingerprint density at radius 2 is 1.65 bits per heavy atom. The van der Waals surface area contributed by atoms with Gasteiger partial charge in [0.1, 0.15) is 0 Å². The summed E-state index contributed by atoms with van der Waals surface area (Å²) in [4.78, 5) is 13.4. The minimum Gasteiger partial charge on any atom is -0.292 e. The van der Waals surface area contributed by atoms with Crippen molar-refractivity contribution in [3.8, 4) is 0 Å². The average Bonchev–Trinajstić information content (AvgIpc) is 2.34. The predicted molar refractivity (Wildman–Crippen MR) is 72.9 cm³/mol. The van der Waals surface area contributed by atoms with E-state index in [0.29, 0.717) is 5.56 Å². The van der Waals surface area contributed by atoms with Gasteiger partial charge in [0.2, 0.25) is 0 Å². The van der Waals surface area contributed by atoms with Crippen LogP contribution in [0.2, 0.25) is 0 Å². The number of hydrogen-bond acceptors (Lipinski definition) is 2. The van der Waals surface area contributed by atoms with Gasteiger partial charge in [-0.15, -0.1) is 0 Å². The maximum atomic E-state index is 12.6. The second kappa shape index (κ2) is 6.39. The van der Waals surface area contributed by atoms with Crippen molar-refractivity contribution in [3.63, 3.8) is 0 Å². The normalized spacial score (nSPS) is 13.8. The van der Waals surface area contributed by atoms with Crippen molar-refractivity contribution in [1.82, 2.24) is 4.90 Å². The van der Waals surface area contributed by atoms with Gasteiger partial charge in [0.15, 0.2) is 5.78 Å². The van der Waals surface area contributed by atoms with Gasteiger partial charge in [-0.1, -0.05) is 29.8 Å². The number of aryl methyl sites for hydroxylation is 1. The summed E-state index contributed by atoms with van der Waals surface area (Å²) >= 11 is 0. The van der Waals surface area contributed by atoms with Crippen LogP contribution < -0.4 is 0 Å². The molecule has 0 saturated carbocycles. The second-order valence-electron chi connectivity index (χ2n) is 5.29. The lowest BCUT2D eigenvalue weighted by Gasteiger charge is -2.32. The number of Topliss-reactive ketones (excluding diaryl/α,β-unsaturated/α-hetero) is 1. The Morgan fingerprint density at radius 3 is 2.05 bits per heavy atom. The number of carbonyl (C=O) groups is 1. The van der Waals surface area contributed by atoms with Crippen molar-refractivity contribution in [2.45, 2.75) is 46.0 Å². The molecule has 0 aliphatic carbocycles. The lowest BCUT2D eigenvalue weighted by Crippen LogP contribution is -2.48. The van der Waals surface area contributed by atoms with Gasteiger partial charge in [-0.05, 0) is 27.7 Å². The maximum absolute atomic E-state index is 12.6. The summed E-state index contributed by atoms with van der Waals surface area (Å²) in [6.07, 6.45) is -4.31. The van der Waals surface area contributed by atoms with Crippen LogP contribution >= 0.6 is 0 Å². The van der Waals surface area contributed by atoms with Crippen LogP contribution in [-0.2, 0) is 0 Å². The van der Waals surface area contributed by atoms with E-state index in [1.54, 1.807) is 38.1 Å². The molecule has 0 aromatic heterocycles. The van der Waals surface area contributed by atoms with Crippen molar-refractivity contribution in [2.75, 3.05) is 6.54 Å². The zero-order valence-corrected chi connectivity index (χ0v) is 12.2. The third-order valence-corrected chi connectivity index (χ3v) is 3.24. The molecule has 0 bridgehead atoms. The topological polar surface area (TPSA) is 20.3 Å². The van der Waals surface area contributed by atoms with Crippen LogP contribution in [0.5, 0.6) is 0 Å². The first-order chi connectivity index (χ1) is 9.11. The van der Waals surface area contributed by atoms with Crippen LogP contribution in [0, 0.1) is 6.92 Å². The molecule has 1 unspecified atom stereocenters. The molecule has 20 heavy (non-hydrogen) atoms. The number of halogens is 3. The molecule has 0 aliphatic rings. The van der Waals surface area contributed by atoms with Gasteiger partial charge in [0.05, 0.1) is 12.6 Å². The molecule has 1 aromatic carbocycles. The van der Waals surface area contributed by atoms with E-state index in [1.807, 2.05) is 6.92 Å². The van der Waals surface area contributed by atoms with Gasteiger partial charge in [-0.25, -0.2) is 0 Å². The molecule has 0 saturated heterocycles. The zero-order valence-electron chi connectivity index (χ0n) is 12.2. The molecule has 0 heterocycles. The molecule has 1 rings (SSSR count). The monoisotopic (exact) mass is 287 g/mol. The lowest BCUT2D eigenvalue weighted by atomic mass is 10.0. The fourth-order valence-electron chi connectivity index (χ4n) is 2.08. The molecule has 1 atom stereocenters. The number of hydrogen-bond donors (Lipinski definition) is 0. The Morgan fingerprint density at radius 1 is 1.15 bits per heavy atom. The highest BCUT2D eigenvalue weighted by molar-refractivity contribution is 5.99. The molecule has 0 amide bonds. The third-order valence-electron chi connectivity index (χ3n) is 3.24. The molecule has 0 radical (unpaired) electrons. The van der Waals surface area contributed by atoms with E-state index in [-0.39, 0.29) is 11.8 Å². The van der Waals surface area contributed by atoms with Crippen molar-refractivity contribution in [2.24, 2.45) is 0 Å². The molecule has 112 valence electrons. The third kappa shape index (κ3) is 4.63. The van der Waals surface area contributed by atoms with Gasteiger partial charge in [-0.3, -0.25) is 9.69 Å². The Kier molecular flexibility index (Phi) is 5.34. The fourth-order valence-corrected chi connectivity index (χ4v) is 2.08. The Balaban J connectivity index is 2.91. The van der Waals surface area contributed by atoms with E-state index >= 15 is 0 Å². The van der Waals surface area contributed by atoms with E-state index in [9.17, 15) is 18.0 Å². The van der Waals surface area contributed by atoms with Crippen LogP contribution in [0.3, 0.4) is 0 Å². The highest BCUT2D eigenvalue weighted by Gasteiger charge is 2.36. The Bertz CT molecular complexity index is 451. The van der Waals surface area contributed by atoms with Gasteiger partial charge in [0, 0.05) is 11.6 Å². The summed E-state index contributed by atoms with van der Waals surface area (Å²) in [5.41, 5.74) is 1.45. The number of alkyl halides is 3. The van der Waals surface area contributed by atoms with Crippen LogP contribution in [0.4, 0.5) is 13.2 Å². The molecule has 2 nitrogen and oxygen atoms in total. The molecule has 0 spiro atoms. The first-order valence-corrected chi connectivity index (χ1v) is 6.55. The van der Waals surface area contributed by atoms with Crippen LogP contribution in [0.1, 0.15) is 36.7 Å². The van der Waals surface area contributed by atoms with E-state index in [0.717, 1.165) is 5.56 Å². The Labute approximate surface area is 117 Å². The molecular weight excluding hydrogens is 267 g/mol. The summed E-state index contributed by atoms with van der Waals surface area (Å²) < 4.78 is 37.8. The highest BCUT2D eigenvalue weighted by Crippen LogP contribution is 2.21. The van der Waals surface area contributed by atoms with Gasteiger partial charge >= 0.3 is 6.18 Å². The van der Waals surface area contributed by atoms with Gasteiger partial charge < -0.3 is 0 Å². The van der Waals surface area contributed by atoms with E-state index in [1.165, 1.54) is 11.8 Å². The summed E-state index contributed by atoms with van der Waals surface area (Å²) in [5.74, 6) is -0.289. The van der Waals surface area contributed by atoms with Crippen molar-refractivity contribution < 1.29 is 18.0 Å². The summed E-state index contributed by atoms with van der Waals surface area (Å²) in [6.45, 7) is 5.65. The molecule has 0 N–H and O–H groups in total. The first-order valence-electron chi connectivity index (χ1n) is 6.55. The van der Waals surface area contributed by atoms with E-state index in [2.05, 4.69) is 0 Å². The van der Waals surface area contributed by atoms with Crippen molar-refractivity contribution >= 4 is 5.78 Å². The van der Waals surface area contributed by atoms with Gasteiger partial charge in [0.25, 0.3) is 0 Å². The quantitative estimate of drug-likeness (QED) is 0.767. The molecule has 5 heteroatoms. The summed E-state index contributed by atoms with van der Waals surface area (Å²) in [5, 5.41) is 0. The van der Waals surface area contributed by atoms with Crippen molar-refractivity contribution in [3.05, 3.63) is 35.4 Å². The zero-order chi connectivity index (χ0) is 15.5. The number of carbonyl (C=O) groups excluding carboxylic acids is 1. The summed E-state index contributed by atoms with van der Waals surface area (Å²) in [6, 6.07) is 5.70. The number of benzene rings is 1. The summed E-state index contributed by atoms with van der Waals surface area (Å²) in [7, 11) is 0. The molecule has 0 fully saturated rings. The Hall–Kier alpha value is -1.36. The average molecular weight is 287 g/mol. The first kappa shape index (κ1) is 16.7. The minimum absolute atomic E-state index is 0.289. The van der Waals surface area contributed by atoms with Crippen LogP contribution in [-0.4, -0.2) is 35.5 Å². The van der Waals surface area contributed by atoms with Crippen molar-refractivity contribution in [1.29, 1.82) is 0 Å². The highest BCUT2D eigenvalue weighted by atomic mass is 19.4. The van der Waals surface area contributed by atoms with Crippen LogP contribution in [0.15, 0.2) is 24.3 Å². The smallest absolute Gasteiger partial charge is 0.292 e. The van der Waals surface area contributed by atoms with Crippen LogP contribution in [0.25, 0.3) is 0 Å². The minimum atomic E-state index is -4.31. The SMILES string of the molecule is Cc1ccc(C(=O)C(C)N(CC(F)(F)F)C(C)C)cc1. The van der Waals surface area contributed by atoms with E-state index in [4.69, 9.17) is 0 Å². The molecular formula is C15H20F3NO. The fraction of sp³-hybridized carbons (Fsp3) is 0.533. The molecule has 0 aliphatic heterocycles. The van der Waals surface area contributed by atoms with E-state index < -0.39 is 18.8 Å². The van der Waals surface area contributed by atoms with Gasteiger partial charge in [-0.2, -0.15) is 13.2 Å². The number of ketones is 1. The second-order valence-corrected chi connectivity index (χ2v) is 5.29. The predicted octanol–water partition coefficient (Wildman–Crippen LogP) is 3.84.